The van der Waals surface area contributed by atoms with E-state index in [4.69, 9.17) is 11.3 Å². The molecule has 0 bridgehead atoms. The summed E-state index contributed by atoms with van der Waals surface area (Å²) in [6.07, 6.45) is 0.0685. The number of anilines is 1. The Balaban J connectivity index is 1.93. The second-order valence-electron chi connectivity index (χ2n) is 9.99. The molecule has 0 aliphatic heterocycles. The number of phenols is 1. The lowest BCUT2D eigenvalue weighted by Gasteiger charge is -2.52. The lowest BCUT2D eigenvalue weighted by molar-refractivity contribution is -0.181. The number of carbonyl (C=O) groups excluding carboxylic acids is 5. The lowest BCUT2D eigenvalue weighted by atomic mass is 9.52. The molecule has 190 valence electrons. The van der Waals surface area contributed by atoms with E-state index < -0.39 is 70.1 Å². The highest BCUT2D eigenvalue weighted by molar-refractivity contribution is 6.32. The summed E-state index contributed by atoms with van der Waals surface area (Å²) >= 11 is 0. The third-order valence-electron chi connectivity index (χ3n) is 7.65. The molecule has 3 aliphatic carbocycles. The quantitative estimate of drug-likeness (QED) is 0.218. The van der Waals surface area contributed by atoms with Crippen molar-refractivity contribution in [1.29, 1.82) is 0 Å². The largest absolute Gasteiger partial charge is 0.507 e. The molecule has 4 unspecified atom stereocenters. The Labute approximate surface area is 205 Å². The van der Waals surface area contributed by atoms with Crippen LogP contribution in [0.3, 0.4) is 0 Å². The maximum absolute atomic E-state index is 13.8. The zero-order chi connectivity index (χ0) is 26.9. The second kappa shape index (κ2) is 8.40. The van der Waals surface area contributed by atoms with Crippen molar-refractivity contribution in [1.82, 2.24) is 4.90 Å². The normalized spacial score (nSPS) is 31.3. The molecule has 6 atom stereocenters. The minimum Gasteiger partial charge on any atom is -0.507 e. The molecule has 3 aliphatic rings. The number of rotatable bonds is 4. The van der Waals surface area contributed by atoms with Gasteiger partial charge in [0.1, 0.15) is 5.75 Å². The molecule has 2 saturated carbocycles. The van der Waals surface area contributed by atoms with Gasteiger partial charge in [-0.25, -0.2) is 0 Å². The Morgan fingerprint density at radius 2 is 1.83 bits per heavy atom. The van der Waals surface area contributed by atoms with Crippen molar-refractivity contribution in [2.24, 2.45) is 34.5 Å². The fraction of sp³-hybridized carbons (Fsp3) is 0.522. The molecule has 0 radical (unpaired) electrons. The average Bonchev–Trinajstić information content (AvgIpc) is 2.77. The summed E-state index contributed by atoms with van der Waals surface area (Å²) in [5, 5.41) is 25.8. The number of aromatic hydroxyl groups is 1. The van der Waals surface area contributed by atoms with E-state index >= 15 is 0 Å². The molecule has 1 amide bonds. The first-order valence-electron chi connectivity index (χ1n) is 11.2. The van der Waals surface area contributed by atoms with Gasteiger partial charge in [-0.05, 0) is 50.0 Å². The third-order valence-corrected chi connectivity index (χ3v) is 7.65. The van der Waals surface area contributed by atoms with Crippen LogP contribution in [0.4, 0.5) is 11.4 Å². The van der Waals surface area contributed by atoms with Crippen molar-refractivity contribution in [2.75, 3.05) is 33.1 Å². The lowest BCUT2D eigenvalue weighted by Crippen LogP contribution is -2.74. The van der Waals surface area contributed by atoms with E-state index in [0.717, 1.165) is 0 Å². The van der Waals surface area contributed by atoms with Crippen LogP contribution in [0.1, 0.15) is 22.3 Å². The van der Waals surface area contributed by atoms with Crippen molar-refractivity contribution in [3.63, 3.8) is 0 Å². The summed E-state index contributed by atoms with van der Waals surface area (Å²) in [7, 11) is 6.43. The summed E-state index contributed by atoms with van der Waals surface area (Å²) in [6.45, 7) is 0. The second-order valence-corrected chi connectivity index (χ2v) is 9.99. The molecule has 0 saturated heterocycles. The van der Waals surface area contributed by atoms with Crippen molar-refractivity contribution in [2.45, 2.75) is 24.5 Å². The van der Waals surface area contributed by atoms with Gasteiger partial charge >= 0.3 is 0 Å². The highest BCUT2D eigenvalue weighted by Gasteiger charge is 2.69. The van der Waals surface area contributed by atoms with Gasteiger partial charge in [0.2, 0.25) is 5.91 Å². The van der Waals surface area contributed by atoms with Gasteiger partial charge in [-0.15, -0.1) is 0 Å². The smallest absolute Gasteiger partial charge is 0.235 e. The molecule has 13 nitrogen and oxygen atoms in total. The van der Waals surface area contributed by atoms with Crippen molar-refractivity contribution in [3.05, 3.63) is 27.6 Å². The van der Waals surface area contributed by atoms with Crippen LogP contribution in [-0.2, 0) is 25.6 Å². The van der Waals surface area contributed by atoms with Crippen molar-refractivity contribution < 1.29 is 34.2 Å². The number of nitrogens with two attached hydrogens (primary N) is 1. The molecule has 36 heavy (non-hydrogen) atoms. The molecule has 1 aromatic carbocycles. The van der Waals surface area contributed by atoms with Crippen molar-refractivity contribution >= 4 is 40.4 Å². The van der Waals surface area contributed by atoms with Crippen LogP contribution in [0, 0.1) is 23.7 Å². The Kier molecular flexibility index (Phi) is 5.90. The maximum Gasteiger partial charge on any atom is 0.235 e. The van der Waals surface area contributed by atoms with Crippen LogP contribution in [0.25, 0.3) is 10.4 Å². The fourth-order valence-corrected chi connectivity index (χ4v) is 6.16. The number of hydrogen-bond acceptors (Lipinski definition) is 10. The molecule has 0 heterocycles. The Bertz CT molecular complexity index is 1280. The minimum absolute atomic E-state index is 0.0460. The number of Topliss-reactive ketones (excluding diaryl/α,β-unsaturated/α-hetero) is 4. The number of carbonyl (C=O) groups is 5. The average molecular weight is 498 g/mol. The van der Waals surface area contributed by atoms with Crippen LogP contribution < -0.4 is 10.6 Å². The SMILES string of the molecule is CN(C)c1cc(N=[N+]=[N-])c(O)c2c1CC1CC3[C@H](N(C)C)C(=O)C(C(N)=O)C(=O)[C@@]3(O)C(=O)C1C2=O. The van der Waals surface area contributed by atoms with Crippen molar-refractivity contribution in [3.8, 4) is 5.75 Å². The number of aliphatic hydroxyl groups is 1. The topological polar surface area (TPSA) is 207 Å². The molecular formula is C23H26N6O7. The van der Waals surface area contributed by atoms with Gasteiger partial charge in [0.15, 0.2) is 34.7 Å². The zero-order valence-electron chi connectivity index (χ0n) is 20.1. The number of hydrogen-bond donors (Lipinski definition) is 3. The maximum atomic E-state index is 13.8. The standard InChI is InChI=1S/C23H26N6O7/c1-28(2)12-7-11(26-27-25)17(30)14-9(12)5-8-6-10-16(29(3)4)19(32)15(22(24)35)21(34)23(10,36)20(33)13(8)18(14)31/h7-8,10,13,15-16,30,36H,5-6H2,1-4H3,(H2,24,35)/t8?,10?,13?,15?,16-,23-/m0/s1. The number of nitrogens with zero attached hydrogens (tertiary/aromatic N) is 5. The summed E-state index contributed by atoms with van der Waals surface area (Å²) in [6, 6.07) is 0.261. The molecule has 1 aromatic rings. The van der Waals surface area contributed by atoms with Gasteiger partial charge in [-0.2, -0.15) is 0 Å². The Morgan fingerprint density at radius 1 is 1.19 bits per heavy atom. The number of phenolic OH excluding ortho intramolecular Hbond substituents is 1. The van der Waals surface area contributed by atoms with E-state index in [2.05, 4.69) is 10.0 Å². The van der Waals surface area contributed by atoms with Gasteiger partial charge < -0.3 is 20.8 Å². The number of fused-ring (bicyclic) bond motifs is 3. The number of ketones is 4. The van der Waals surface area contributed by atoms with Gasteiger partial charge in [-0.3, -0.25) is 28.9 Å². The van der Waals surface area contributed by atoms with E-state index in [9.17, 15) is 34.2 Å². The number of primary amides is 1. The molecule has 0 aromatic heterocycles. The first kappa shape index (κ1) is 25.3. The molecular weight excluding hydrogens is 472 g/mol. The molecule has 0 spiro atoms. The molecule has 4 N–H and O–H groups in total. The minimum atomic E-state index is -2.79. The molecule has 13 heteroatoms. The summed E-state index contributed by atoms with van der Waals surface area (Å²) in [4.78, 5) is 71.6. The van der Waals surface area contributed by atoms with Crippen LogP contribution in [0.5, 0.6) is 5.75 Å². The summed E-state index contributed by atoms with van der Waals surface area (Å²) in [5.41, 5.74) is 11.9. The van der Waals surface area contributed by atoms with E-state index in [0.29, 0.717) is 11.3 Å². The zero-order valence-corrected chi connectivity index (χ0v) is 20.1. The number of likely N-dealkylation sites (N-methyl/N-ethyl adjacent to an activating group) is 1. The monoisotopic (exact) mass is 498 g/mol. The van der Waals surface area contributed by atoms with Gasteiger partial charge in [0.05, 0.1) is 23.2 Å². The predicted octanol–water partition coefficient (Wildman–Crippen LogP) is -0.125. The van der Waals surface area contributed by atoms with E-state index in [1.807, 2.05) is 0 Å². The highest BCUT2D eigenvalue weighted by atomic mass is 16.3. The Hall–Kier alpha value is -3.80. The van der Waals surface area contributed by atoms with Gasteiger partial charge in [0, 0.05) is 30.6 Å². The van der Waals surface area contributed by atoms with Crippen LogP contribution in [-0.4, -0.2) is 84.0 Å². The first-order valence-corrected chi connectivity index (χ1v) is 11.2. The number of azide groups is 1. The van der Waals surface area contributed by atoms with E-state index in [1.165, 1.54) is 25.1 Å². The third kappa shape index (κ3) is 3.24. The molecule has 2 fully saturated rings. The number of amides is 1. The molecule has 4 rings (SSSR count). The van der Waals surface area contributed by atoms with Gasteiger partial charge in [-0.1, -0.05) is 5.11 Å². The predicted molar refractivity (Wildman–Crippen MR) is 124 cm³/mol. The fourth-order valence-electron chi connectivity index (χ4n) is 6.16. The van der Waals surface area contributed by atoms with Crippen LogP contribution in [0.2, 0.25) is 0 Å². The summed E-state index contributed by atoms with van der Waals surface area (Å²) in [5.74, 6) is -11.4. The van der Waals surface area contributed by atoms with E-state index in [-0.39, 0.29) is 24.1 Å². The van der Waals surface area contributed by atoms with Crippen LogP contribution >= 0.6 is 0 Å². The van der Waals surface area contributed by atoms with Crippen LogP contribution in [0.15, 0.2) is 11.2 Å². The van der Waals surface area contributed by atoms with Gasteiger partial charge in [0.25, 0.3) is 0 Å². The first-order chi connectivity index (χ1) is 16.8. The highest BCUT2D eigenvalue weighted by Crippen LogP contribution is 2.53. The Morgan fingerprint density at radius 3 is 2.36 bits per heavy atom. The number of benzene rings is 1. The van der Waals surface area contributed by atoms with E-state index in [1.54, 1.807) is 19.0 Å². The summed E-state index contributed by atoms with van der Waals surface area (Å²) < 4.78 is 0.